The van der Waals surface area contributed by atoms with Crippen LogP contribution in [0, 0.1) is 6.92 Å². The summed E-state index contributed by atoms with van der Waals surface area (Å²) in [7, 11) is -3.84. The number of para-hydroxylation sites is 1. The zero-order chi connectivity index (χ0) is 25.8. The van der Waals surface area contributed by atoms with Crippen LogP contribution in [0.1, 0.15) is 22.7 Å². The van der Waals surface area contributed by atoms with Crippen LogP contribution in [0.4, 0.5) is 5.69 Å². The molecule has 1 fully saturated rings. The molecule has 0 N–H and O–H groups in total. The first kappa shape index (κ1) is 25.1. The summed E-state index contributed by atoms with van der Waals surface area (Å²) < 4.78 is 29.2. The maximum atomic E-state index is 13.9. The fourth-order valence-electron chi connectivity index (χ4n) is 4.37. The minimum atomic E-state index is -3.84. The van der Waals surface area contributed by atoms with Gasteiger partial charge in [0.1, 0.15) is 12.6 Å². The van der Waals surface area contributed by atoms with E-state index in [1.165, 1.54) is 4.31 Å². The molecule has 4 aromatic carbocycles. The van der Waals surface area contributed by atoms with Crippen molar-refractivity contribution in [1.29, 1.82) is 0 Å². The molecule has 5 rings (SSSR count). The fourth-order valence-corrected chi connectivity index (χ4v) is 5.92. The van der Waals surface area contributed by atoms with Gasteiger partial charge in [0, 0.05) is 16.8 Å². The first-order valence-electron chi connectivity index (χ1n) is 12.0. The summed E-state index contributed by atoms with van der Waals surface area (Å²) in [5.41, 5.74) is 4.46. The van der Waals surface area contributed by atoms with Crippen molar-refractivity contribution in [2.75, 3.05) is 11.7 Å². The van der Waals surface area contributed by atoms with Crippen LogP contribution in [0.5, 0.6) is 0 Å². The highest BCUT2D eigenvalue weighted by molar-refractivity contribution is 7.89. The SMILES string of the molecule is Cc1ccc(S(=O)(=O)N(/C=C2/CON(c3ccccc3)[C@H]2c2cccc(Cl)c2)Cc2ccccc2)cc1. The number of rotatable bonds is 7. The highest BCUT2D eigenvalue weighted by Crippen LogP contribution is 2.40. The van der Waals surface area contributed by atoms with Crippen LogP contribution in [-0.2, 0) is 21.4 Å². The lowest BCUT2D eigenvalue weighted by atomic mass is 10.00. The quantitative estimate of drug-likeness (QED) is 0.260. The van der Waals surface area contributed by atoms with Gasteiger partial charge < -0.3 is 0 Å². The van der Waals surface area contributed by atoms with Gasteiger partial charge in [0.05, 0.1) is 17.1 Å². The average molecular weight is 531 g/mol. The smallest absolute Gasteiger partial charge is 0.264 e. The van der Waals surface area contributed by atoms with Crippen molar-refractivity contribution in [3.63, 3.8) is 0 Å². The van der Waals surface area contributed by atoms with Gasteiger partial charge in [0.25, 0.3) is 10.0 Å². The normalized spacial score (nSPS) is 16.8. The Morgan fingerprint density at radius 2 is 1.59 bits per heavy atom. The van der Waals surface area contributed by atoms with E-state index >= 15 is 0 Å². The highest BCUT2D eigenvalue weighted by atomic mass is 35.5. The first-order chi connectivity index (χ1) is 17.9. The van der Waals surface area contributed by atoms with Crippen molar-refractivity contribution in [3.8, 4) is 0 Å². The molecule has 7 heteroatoms. The third-order valence-corrected chi connectivity index (χ3v) is 8.20. The van der Waals surface area contributed by atoms with Gasteiger partial charge >= 0.3 is 0 Å². The molecular weight excluding hydrogens is 504 g/mol. The summed E-state index contributed by atoms with van der Waals surface area (Å²) in [5.74, 6) is 0. The van der Waals surface area contributed by atoms with Crippen molar-refractivity contribution in [1.82, 2.24) is 4.31 Å². The summed E-state index contributed by atoms with van der Waals surface area (Å²) in [6.07, 6.45) is 1.72. The van der Waals surface area contributed by atoms with E-state index in [9.17, 15) is 8.42 Å². The summed E-state index contributed by atoms with van der Waals surface area (Å²) in [5, 5.41) is 2.42. The molecule has 0 bridgehead atoms. The van der Waals surface area contributed by atoms with E-state index in [0.29, 0.717) is 5.02 Å². The number of anilines is 1. The molecule has 4 aromatic rings. The number of hydrogen-bond acceptors (Lipinski definition) is 4. The Hall–Kier alpha value is -3.58. The number of nitrogens with zero attached hydrogens (tertiary/aromatic N) is 2. The van der Waals surface area contributed by atoms with Gasteiger partial charge in [-0.25, -0.2) is 13.5 Å². The maximum Gasteiger partial charge on any atom is 0.264 e. The largest absolute Gasteiger partial charge is 0.269 e. The summed E-state index contributed by atoms with van der Waals surface area (Å²) >= 11 is 6.36. The second-order valence-corrected chi connectivity index (χ2v) is 11.3. The van der Waals surface area contributed by atoms with Gasteiger partial charge in [-0.15, -0.1) is 0 Å². The molecular formula is C30H27ClN2O3S. The van der Waals surface area contributed by atoms with E-state index in [2.05, 4.69) is 0 Å². The number of benzene rings is 4. The van der Waals surface area contributed by atoms with E-state index in [-0.39, 0.29) is 24.1 Å². The van der Waals surface area contributed by atoms with Crippen LogP contribution in [0.3, 0.4) is 0 Å². The number of aryl methyl sites for hydroxylation is 1. The van der Waals surface area contributed by atoms with Crippen LogP contribution in [0.2, 0.25) is 5.02 Å². The van der Waals surface area contributed by atoms with Crippen LogP contribution in [0.15, 0.2) is 126 Å². The maximum absolute atomic E-state index is 13.9. The molecule has 1 atom stereocenters. The summed E-state index contributed by atoms with van der Waals surface area (Å²) in [4.78, 5) is 6.38. The van der Waals surface area contributed by atoms with E-state index in [1.807, 2.05) is 109 Å². The molecule has 0 amide bonds. The Bertz CT molecular complexity index is 1490. The summed E-state index contributed by atoms with van der Waals surface area (Å²) in [6, 6.07) is 33.5. The molecule has 37 heavy (non-hydrogen) atoms. The standard InChI is InChI=1S/C30H27ClN2O3S/c1-23-15-17-29(18-16-23)37(34,35)32(20-24-9-4-2-5-10-24)21-26-22-36-33(28-13-6-3-7-14-28)30(26)25-11-8-12-27(31)19-25/h2-19,21,30H,20,22H2,1H3/b26-21-/t30-/m0/s1. The topological polar surface area (TPSA) is 49.9 Å². The molecule has 0 unspecified atom stereocenters. The van der Waals surface area contributed by atoms with Crippen molar-refractivity contribution in [2.45, 2.75) is 24.4 Å². The first-order valence-corrected chi connectivity index (χ1v) is 13.8. The van der Waals surface area contributed by atoms with Crippen molar-refractivity contribution < 1.29 is 13.3 Å². The van der Waals surface area contributed by atoms with Crippen molar-refractivity contribution in [3.05, 3.63) is 143 Å². The molecule has 0 spiro atoms. The highest BCUT2D eigenvalue weighted by Gasteiger charge is 2.34. The minimum absolute atomic E-state index is 0.189. The minimum Gasteiger partial charge on any atom is -0.269 e. The van der Waals surface area contributed by atoms with Crippen LogP contribution < -0.4 is 5.06 Å². The summed E-state index contributed by atoms with van der Waals surface area (Å²) in [6.45, 7) is 2.36. The Labute approximate surface area is 223 Å². The molecule has 1 heterocycles. The Morgan fingerprint density at radius 3 is 2.27 bits per heavy atom. The van der Waals surface area contributed by atoms with E-state index in [1.54, 1.807) is 18.3 Å². The lowest BCUT2D eigenvalue weighted by molar-refractivity contribution is 0.162. The predicted molar refractivity (Wildman–Crippen MR) is 147 cm³/mol. The Kier molecular flexibility index (Phi) is 7.33. The van der Waals surface area contributed by atoms with Gasteiger partial charge in [0.2, 0.25) is 0 Å². The second-order valence-electron chi connectivity index (χ2n) is 8.95. The van der Waals surface area contributed by atoms with Crippen LogP contribution in [-0.4, -0.2) is 19.3 Å². The number of hydroxylamine groups is 1. The lowest BCUT2D eigenvalue weighted by Gasteiger charge is -2.27. The predicted octanol–water partition coefficient (Wildman–Crippen LogP) is 6.92. The monoisotopic (exact) mass is 530 g/mol. The van der Waals surface area contributed by atoms with Crippen LogP contribution in [0.25, 0.3) is 0 Å². The second kappa shape index (κ2) is 10.8. The van der Waals surface area contributed by atoms with Gasteiger partial charge in [-0.05, 0) is 54.4 Å². The van der Waals surface area contributed by atoms with E-state index in [4.69, 9.17) is 16.4 Å². The van der Waals surface area contributed by atoms with E-state index < -0.39 is 10.0 Å². The molecule has 1 aliphatic heterocycles. The lowest BCUT2D eigenvalue weighted by Crippen LogP contribution is -2.27. The number of halogens is 1. The zero-order valence-corrected chi connectivity index (χ0v) is 21.9. The molecule has 0 aliphatic carbocycles. The Balaban J connectivity index is 1.61. The molecule has 1 saturated heterocycles. The average Bonchev–Trinajstić information content (AvgIpc) is 3.33. The number of sulfonamides is 1. The molecule has 0 radical (unpaired) electrons. The zero-order valence-electron chi connectivity index (χ0n) is 20.4. The molecule has 1 aliphatic rings. The molecule has 0 aromatic heterocycles. The number of hydrogen-bond donors (Lipinski definition) is 0. The molecule has 5 nitrogen and oxygen atoms in total. The van der Waals surface area contributed by atoms with Gasteiger partial charge in [-0.2, -0.15) is 0 Å². The van der Waals surface area contributed by atoms with Crippen molar-refractivity contribution >= 4 is 27.3 Å². The Morgan fingerprint density at radius 1 is 0.919 bits per heavy atom. The van der Waals surface area contributed by atoms with Gasteiger partial charge in [-0.3, -0.25) is 9.14 Å². The van der Waals surface area contributed by atoms with E-state index in [0.717, 1.165) is 28.0 Å². The van der Waals surface area contributed by atoms with Gasteiger partial charge in [0.15, 0.2) is 0 Å². The fraction of sp³-hybridized carbons (Fsp3) is 0.133. The van der Waals surface area contributed by atoms with Gasteiger partial charge in [-0.1, -0.05) is 90.0 Å². The molecule has 0 saturated carbocycles. The van der Waals surface area contributed by atoms with Crippen molar-refractivity contribution in [2.24, 2.45) is 0 Å². The molecule has 188 valence electrons. The third kappa shape index (κ3) is 5.57. The third-order valence-electron chi connectivity index (χ3n) is 6.25. The van der Waals surface area contributed by atoms with Crippen LogP contribution >= 0.6 is 11.6 Å².